The van der Waals surface area contributed by atoms with Crippen LogP contribution in [0.1, 0.15) is 77.6 Å². The highest BCUT2D eigenvalue weighted by Gasteiger charge is 2.21. The summed E-state index contributed by atoms with van der Waals surface area (Å²) in [6, 6.07) is 9.63. The second-order valence-corrected chi connectivity index (χ2v) is 9.45. The molecule has 1 N–H and O–H groups in total. The average Bonchev–Trinajstić information content (AvgIpc) is 2.90. The molecule has 0 aliphatic rings. The molecule has 0 saturated heterocycles. The van der Waals surface area contributed by atoms with Gasteiger partial charge in [-0.1, -0.05) is 67.5 Å². The van der Waals surface area contributed by atoms with Gasteiger partial charge in [0.1, 0.15) is 0 Å². The van der Waals surface area contributed by atoms with Crippen molar-refractivity contribution in [3.63, 3.8) is 0 Å². The number of aromatic amines is 1. The fourth-order valence-corrected chi connectivity index (χ4v) is 3.67. The van der Waals surface area contributed by atoms with Crippen molar-refractivity contribution in [1.82, 2.24) is 4.98 Å². The SMILES string of the molecule is CCc1cc(C(C)(C)C)cc2c1[nH]c1c(CC)cc(C(C)(C)C)cc12. The van der Waals surface area contributed by atoms with Crippen LogP contribution >= 0.6 is 0 Å². The Morgan fingerprint density at radius 3 is 1.28 bits per heavy atom. The molecule has 3 aromatic rings. The summed E-state index contributed by atoms with van der Waals surface area (Å²) >= 11 is 0. The van der Waals surface area contributed by atoms with Gasteiger partial charge in [-0.2, -0.15) is 0 Å². The van der Waals surface area contributed by atoms with E-state index in [1.165, 1.54) is 44.1 Å². The quantitative estimate of drug-likeness (QED) is 0.517. The lowest BCUT2D eigenvalue weighted by molar-refractivity contribution is 0.589. The number of H-pyrrole nitrogens is 1. The maximum absolute atomic E-state index is 3.77. The number of benzene rings is 2. The van der Waals surface area contributed by atoms with E-state index >= 15 is 0 Å². The monoisotopic (exact) mass is 335 g/mol. The maximum Gasteiger partial charge on any atom is 0.0497 e. The zero-order valence-corrected chi connectivity index (χ0v) is 17.2. The van der Waals surface area contributed by atoms with E-state index in [9.17, 15) is 0 Å². The van der Waals surface area contributed by atoms with Gasteiger partial charge in [0.25, 0.3) is 0 Å². The zero-order valence-electron chi connectivity index (χ0n) is 17.2. The molecule has 1 heterocycles. The Bertz CT molecular complexity index is 851. The molecule has 0 radical (unpaired) electrons. The standard InChI is InChI=1S/C24H33N/c1-9-15-11-17(23(3,4)5)13-19-20-14-18(24(6,7)8)12-16(10-2)22(20)25-21(15)19/h11-14,25H,9-10H2,1-8H3. The van der Waals surface area contributed by atoms with Crippen LogP contribution in [0.4, 0.5) is 0 Å². The van der Waals surface area contributed by atoms with Crippen LogP contribution in [0.25, 0.3) is 21.8 Å². The number of hydrogen-bond donors (Lipinski definition) is 1. The predicted molar refractivity (Wildman–Crippen MR) is 112 cm³/mol. The van der Waals surface area contributed by atoms with E-state index in [2.05, 4.69) is 84.6 Å². The van der Waals surface area contributed by atoms with Crippen molar-refractivity contribution >= 4 is 21.8 Å². The largest absolute Gasteiger partial charge is 0.354 e. The summed E-state index contributed by atoms with van der Waals surface area (Å²) in [7, 11) is 0. The lowest BCUT2D eigenvalue weighted by atomic mass is 9.83. The second-order valence-electron chi connectivity index (χ2n) is 9.45. The highest BCUT2D eigenvalue weighted by atomic mass is 14.7. The van der Waals surface area contributed by atoms with Crippen LogP contribution < -0.4 is 0 Å². The summed E-state index contributed by atoms with van der Waals surface area (Å²) in [5.74, 6) is 0. The normalized spacial score (nSPS) is 13.1. The third-order valence-corrected chi connectivity index (χ3v) is 5.47. The van der Waals surface area contributed by atoms with E-state index in [1.807, 2.05) is 0 Å². The van der Waals surface area contributed by atoms with Crippen molar-refractivity contribution in [1.29, 1.82) is 0 Å². The van der Waals surface area contributed by atoms with Crippen LogP contribution in [0.15, 0.2) is 24.3 Å². The molecule has 0 fully saturated rings. The van der Waals surface area contributed by atoms with Gasteiger partial charge in [-0.05, 0) is 58.1 Å². The van der Waals surface area contributed by atoms with Crippen LogP contribution in [0.3, 0.4) is 0 Å². The van der Waals surface area contributed by atoms with Crippen LogP contribution in [0.2, 0.25) is 0 Å². The first-order valence-corrected chi connectivity index (χ1v) is 9.68. The molecule has 0 atom stereocenters. The van der Waals surface area contributed by atoms with Gasteiger partial charge in [0, 0.05) is 21.8 Å². The predicted octanol–water partition coefficient (Wildman–Crippen LogP) is 7.04. The lowest BCUT2D eigenvalue weighted by Gasteiger charge is -2.21. The van der Waals surface area contributed by atoms with E-state index in [4.69, 9.17) is 0 Å². The molecule has 1 heteroatoms. The first-order chi connectivity index (χ1) is 11.6. The summed E-state index contributed by atoms with van der Waals surface area (Å²) in [6.07, 6.45) is 2.11. The third kappa shape index (κ3) is 3.10. The average molecular weight is 336 g/mol. The number of hydrogen-bond acceptors (Lipinski definition) is 0. The molecule has 0 spiro atoms. The van der Waals surface area contributed by atoms with Gasteiger partial charge in [-0.3, -0.25) is 0 Å². The van der Waals surface area contributed by atoms with Crippen LogP contribution in [-0.4, -0.2) is 4.98 Å². The molecule has 2 aromatic carbocycles. The van der Waals surface area contributed by atoms with E-state index in [-0.39, 0.29) is 10.8 Å². The summed E-state index contributed by atoms with van der Waals surface area (Å²) in [6.45, 7) is 18.4. The molecule has 0 aliphatic heterocycles. The Morgan fingerprint density at radius 1 is 0.640 bits per heavy atom. The van der Waals surface area contributed by atoms with E-state index in [0.29, 0.717) is 0 Å². The zero-order chi connectivity index (χ0) is 18.6. The van der Waals surface area contributed by atoms with Gasteiger partial charge in [-0.15, -0.1) is 0 Å². The number of fused-ring (bicyclic) bond motifs is 3. The third-order valence-electron chi connectivity index (χ3n) is 5.47. The van der Waals surface area contributed by atoms with Crippen molar-refractivity contribution < 1.29 is 0 Å². The molecule has 1 nitrogen and oxygen atoms in total. The van der Waals surface area contributed by atoms with Gasteiger partial charge >= 0.3 is 0 Å². The van der Waals surface area contributed by atoms with Gasteiger partial charge in [0.05, 0.1) is 0 Å². The molecule has 0 unspecified atom stereocenters. The summed E-state index contributed by atoms with van der Waals surface area (Å²) in [5, 5.41) is 2.78. The van der Waals surface area contributed by atoms with Crippen molar-refractivity contribution in [2.75, 3.05) is 0 Å². The van der Waals surface area contributed by atoms with Crippen molar-refractivity contribution in [2.45, 2.75) is 79.1 Å². The Morgan fingerprint density at radius 2 is 1.00 bits per heavy atom. The molecule has 0 saturated carbocycles. The number of rotatable bonds is 2. The summed E-state index contributed by atoms with van der Waals surface area (Å²) in [4.78, 5) is 3.77. The number of nitrogens with one attached hydrogen (secondary N) is 1. The Hall–Kier alpha value is -1.76. The van der Waals surface area contributed by atoms with Crippen molar-refractivity contribution in [3.05, 3.63) is 46.5 Å². The molecule has 3 rings (SSSR count). The molecular weight excluding hydrogens is 302 g/mol. The van der Waals surface area contributed by atoms with Gasteiger partial charge in [-0.25, -0.2) is 0 Å². The fourth-order valence-electron chi connectivity index (χ4n) is 3.67. The van der Waals surface area contributed by atoms with Crippen molar-refractivity contribution in [2.24, 2.45) is 0 Å². The second kappa shape index (κ2) is 5.90. The van der Waals surface area contributed by atoms with Crippen LogP contribution in [-0.2, 0) is 23.7 Å². The van der Waals surface area contributed by atoms with Crippen LogP contribution in [0.5, 0.6) is 0 Å². The minimum Gasteiger partial charge on any atom is -0.354 e. The minimum absolute atomic E-state index is 0.164. The lowest BCUT2D eigenvalue weighted by Crippen LogP contribution is -2.12. The fraction of sp³-hybridized carbons (Fsp3) is 0.500. The molecule has 0 amide bonds. The number of aromatic nitrogens is 1. The minimum atomic E-state index is 0.164. The van der Waals surface area contributed by atoms with Crippen LogP contribution in [0, 0.1) is 0 Å². The maximum atomic E-state index is 3.77. The Kier molecular flexibility index (Phi) is 4.26. The number of aryl methyl sites for hydroxylation is 2. The van der Waals surface area contributed by atoms with Gasteiger partial charge in [0.2, 0.25) is 0 Å². The van der Waals surface area contributed by atoms with E-state index in [1.54, 1.807) is 0 Å². The summed E-state index contributed by atoms with van der Waals surface area (Å²) < 4.78 is 0. The molecule has 0 aliphatic carbocycles. The Labute approximate surface area is 152 Å². The first kappa shape index (κ1) is 18.0. The van der Waals surface area contributed by atoms with Crippen molar-refractivity contribution in [3.8, 4) is 0 Å². The molecule has 1 aromatic heterocycles. The van der Waals surface area contributed by atoms with E-state index in [0.717, 1.165) is 12.8 Å². The smallest absolute Gasteiger partial charge is 0.0497 e. The highest BCUT2D eigenvalue weighted by molar-refractivity contribution is 6.10. The molecule has 0 bridgehead atoms. The first-order valence-electron chi connectivity index (χ1n) is 9.68. The van der Waals surface area contributed by atoms with E-state index < -0.39 is 0 Å². The van der Waals surface area contributed by atoms with Gasteiger partial charge in [0.15, 0.2) is 0 Å². The van der Waals surface area contributed by atoms with Gasteiger partial charge < -0.3 is 4.98 Å². The topological polar surface area (TPSA) is 15.8 Å². The Balaban J connectivity index is 2.46. The highest BCUT2D eigenvalue weighted by Crippen LogP contribution is 2.37. The molecule has 134 valence electrons. The molecule has 25 heavy (non-hydrogen) atoms. The molecular formula is C24H33N. The summed E-state index contributed by atoms with van der Waals surface area (Å²) in [5.41, 5.74) is 8.69.